The van der Waals surface area contributed by atoms with E-state index in [4.69, 9.17) is 0 Å². The van der Waals surface area contributed by atoms with Gasteiger partial charge in [-0.3, -0.25) is 4.79 Å². The maximum atomic E-state index is 11.2. The molecule has 2 rings (SSSR count). The third-order valence-electron chi connectivity index (χ3n) is 3.19. The Morgan fingerprint density at radius 2 is 2.26 bits per heavy atom. The van der Waals surface area contributed by atoms with E-state index in [0.29, 0.717) is 10.6 Å². The molecule has 0 spiro atoms. The normalized spacial score (nSPS) is 14.1. The predicted octanol–water partition coefficient (Wildman–Crippen LogP) is 2.49. The van der Waals surface area contributed by atoms with Crippen LogP contribution in [-0.2, 0) is 22.4 Å². The minimum absolute atomic E-state index is 0.191. The highest BCUT2D eigenvalue weighted by atomic mass is 32.2. The van der Waals surface area contributed by atoms with Gasteiger partial charge in [-0.1, -0.05) is 18.2 Å². The maximum absolute atomic E-state index is 11.2. The van der Waals surface area contributed by atoms with Gasteiger partial charge in [0, 0.05) is 5.69 Å². The Hall–Kier alpha value is -1.54. The van der Waals surface area contributed by atoms with E-state index in [-0.39, 0.29) is 11.7 Å². The SMILES string of the molecule is COC(=O)CSc1nc2c(cc1C#N)CCCCC2. The Morgan fingerprint density at radius 3 is 3.00 bits per heavy atom. The van der Waals surface area contributed by atoms with Gasteiger partial charge in [0.05, 0.1) is 18.4 Å². The smallest absolute Gasteiger partial charge is 0.316 e. The van der Waals surface area contributed by atoms with E-state index in [1.54, 1.807) is 0 Å². The number of methoxy groups -OCH3 is 1. The second-order valence-corrected chi connectivity index (χ2v) is 5.45. The molecule has 1 heterocycles. The molecule has 1 aromatic rings. The molecule has 4 nitrogen and oxygen atoms in total. The van der Waals surface area contributed by atoms with Gasteiger partial charge < -0.3 is 4.74 Å². The summed E-state index contributed by atoms with van der Waals surface area (Å²) in [6, 6.07) is 4.11. The van der Waals surface area contributed by atoms with Crippen LogP contribution in [0.5, 0.6) is 0 Å². The van der Waals surface area contributed by atoms with Crippen LogP contribution in [0.2, 0.25) is 0 Å². The van der Waals surface area contributed by atoms with E-state index in [0.717, 1.165) is 31.4 Å². The van der Waals surface area contributed by atoms with E-state index < -0.39 is 0 Å². The van der Waals surface area contributed by atoms with Crippen LogP contribution in [0.3, 0.4) is 0 Å². The number of aryl methyl sites for hydroxylation is 2. The molecule has 19 heavy (non-hydrogen) atoms. The van der Waals surface area contributed by atoms with Crippen molar-refractivity contribution in [1.82, 2.24) is 4.98 Å². The van der Waals surface area contributed by atoms with Crippen LogP contribution < -0.4 is 0 Å². The van der Waals surface area contributed by atoms with Crippen LogP contribution in [0.4, 0.5) is 0 Å². The number of carbonyl (C=O) groups is 1. The number of fused-ring (bicyclic) bond motifs is 1. The second-order valence-electron chi connectivity index (χ2n) is 4.48. The van der Waals surface area contributed by atoms with Crippen LogP contribution in [0, 0.1) is 11.3 Å². The number of nitrogens with zero attached hydrogens (tertiary/aromatic N) is 2. The molecule has 1 aliphatic rings. The molecule has 5 heteroatoms. The molecule has 0 saturated heterocycles. The van der Waals surface area contributed by atoms with Crippen molar-refractivity contribution >= 4 is 17.7 Å². The summed E-state index contributed by atoms with van der Waals surface area (Å²) >= 11 is 1.28. The quantitative estimate of drug-likeness (QED) is 0.482. The fraction of sp³-hybridized carbons (Fsp3) is 0.500. The minimum Gasteiger partial charge on any atom is -0.468 e. The molecule has 0 bridgehead atoms. The third kappa shape index (κ3) is 3.48. The number of thioether (sulfide) groups is 1. The molecular weight excluding hydrogens is 260 g/mol. The molecule has 0 aromatic carbocycles. The maximum Gasteiger partial charge on any atom is 0.316 e. The number of hydrogen-bond acceptors (Lipinski definition) is 5. The van der Waals surface area contributed by atoms with Crippen LogP contribution in [0.25, 0.3) is 0 Å². The highest BCUT2D eigenvalue weighted by Crippen LogP contribution is 2.26. The first-order valence-corrected chi connectivity index (χ1v) is 7.35. The summed E-state index contributed by atoms with van der Waals surface area (Å²) < 4.78 is 4.61. The molecule has 0 amide bonds. The first-order chi connectivity index (χ1) is 9.24. The lowest BCUT2D eigenvalue weighted by Gasteiger charge is -2.09. The fourth-order valence-corrected chi connectivity index (χ4v) is 2.98. The monoisotopic (exact) mass is 276 g/mol. The summed E-state index contributed by atoms with van der Waals surface area (Å²) in [5, 5.41) is 9.84. The largest absolute Gasteiger partial charge is 0.468 e. The number of rotatable bonds is 3. The van der Waals surface area contributed by atoms with Crippen LogP contribution in [0.15, 0.2) is 11.1 Å². The molecule has 0 radical (unpaired) electrons. The molecular formula is C14H16N2O2S. The highest BCUT2D eigenvalue weighted by Gasteiger charge is 2.15. The molecule has 0 N–H and O–H groups in total. The van der Waals surface area contributed by atoms with Crippen LogP contribution >= 0.6 is 11.8 Å². The number of aromatic nitrogens is 1. The van der Waals surface area contributed by atoms with Crippen molar-refractivity contribution in [2.45, 2.75) is 37.1 Å². The Labute approximate surface area is 117 Å². The number of nitriles is 1. The number of ether oxygens (including phenoxy) is 1. The average Bonchev–Trinajstić information content (AvgIpc) is 2.67. The Balaban J connectivity index is 2.25. The van der Waals surface area contributed by atoms with E-state index in [1.807, 2.05) is 6.07 Å². The Kier molecular flexibility index (Phi) is 4.80. The first kappa shape index (κ1) is 13.9. The lowest BCUT2D eigenvalue weighted by molar-refractivity contribution is -0.137. The van der Waals surface area contributed by atoms with Crippen molar-refractivity contribution in [3.63, 3.8) is 0 Å². The highest BCUT2D eigenvalue weighted by molar-refractivity contribution is 7.99. The lowest BCUT2D eigenvalue weighted by atomic mass is 10.1. The Morgan fingerprint density at radius 1 is 1.47 bits per heavy atom. The molecule has 1 aliphatic carbocycles. The zero-order valence-corrected chi connectivity index (χ0v) is 11.8. The van der Waals surface area contributed by atoms with E-state index in [2.05, 4.69) is 15.8 Å². The molecule has 0 fully saturated rings. The molecule has 0 aliphatic heterocycles. The van der Waals surface area contributed by atoms with E-state index >= 15 is 0 Å². The number of esters is 1. The summed E-state index contributed by atoms with van der Waals surface area (Å²) in [7, 11) is 1.36. The minimum atomic E-state index is -0.300. The number of carbonyl (C=O) groups excluding carboxylic acids is 1. The average molecular weight is 276 g/mol. The van der Waals surface area contributed by atoms with E-state index in [1.165, 1.54) is 30.9 Å². The van der Waals surface area contributed by atoms with Crippen molar-refractivity contribution in [2.75, 3.05) is 12.9 Å². The van der Waals surface area contributed by atoms with Crippen molar-refractivity contribution in [2.24, 2.45) is 0 Å². The van der Waals surface area contributed by atoms with Gasteiger partial charge in [-0.05, 0) is 37.3 Å². The van der Waals surface area contributed by atoms with Crippen molar-refractivity contribution < 1.29 is 9.53 Å². The molecule has 0 saturated carbocycles. The molecule has 1 aromatic heterocycles. The van der Waals surface area contributed by atoms with Gasteiger partial charge in [0.25, 0.3) is 0 Å². The standard InChI is InChI=1S/C14H16N2O2S/c1-18-13(17)9-19-14-11(8-15)7-10-5-3-2-4-6-12(10)16-14/h7H,2-6,9H2,1H3. The van der Waals surface area contributed by atoms with Gasteiger partial charge in [0.1, 0.15) is 11.1 Å². The summed E-state index contributed by atoms with van der Waals surface area (Å²) in [6.45, 7) is 0. The van der Waals surface area contributed by atoms with Crippen LogP contribution in [0.1, 0.15) is 36.1 Å². The van der Waals surface area contributed by atoms with Crippen LogP contribution in [-0.4, -0.2) is 23.8 Å². The van der Waals surface area contributed by atoms with Crippen molar-refractivity contribution in [1.29, 1.82) is 5.26 Å². The summed E-state index contributed by atoms with van der Waals surface area (Å²) in [5.74, 6) is -0.109. The predicted molar refractivity (Wildman–Crippen MR) is 73.0 cm³/mol. The number of hydrogen-bond donors (Lipinski definition) is 0. The zero-order valence-electron chi connectivity index (χ0n) is 10.9. The first-order valence-electron chi connectivity index (χ1n) is 6.37. The molecule has 0 unspecified atom stereocenters. The van der Waals surface area contributed by atoms with Gasteiger partial charge >= 0.3 is 5.97 Å². The van der Waals surface area contributed by atoms with Gasteiger partial charge in [0.2, 0.25) is 0 Å². The van der Waals surface area contributed by atoms with Crippen molar-refractivity contribution in [3.05, 3.63) is 22.9 Å². The topological polar surface area (TPSA) is 63.0 Å². The van der Waals surface area contributed by atoms with Gasteiger partial charge in [-0.2, -0.15) is 5.26 Å². The van der Waals surface area contributed by atoms with Crippen molar-refractivity contribution in [3.8, 4) is 6.07 Å². The van der Waals surface area contributed by atoms with Gasteiger partial charge in [0.15, 0.2) is 0 Å². The van der Waals surface area contributed by atoms with Gasteiger partial charge in [-0.15, -0.1) is 0 Å². The Bertz CT molecular complexity index is 523. The summed E-state index contributed by atoms with van der Waals surface area (Å²) in [4.78, 5) is 15.8. The second kappa shape index (κ2) is 6.58. The van der Waals surface area contributed by atoms with E-state index in [9.17, 15) is 10.1 Å². The molecule has 100 valence electrons. The number of pyridine rings is 1. The zero-order chi connectivity index (χ0) is 13.7. The fourth-order valence-electron chi connectivity index (χ4n) is 2.17. The third-order valence-corrected chi connectivity index (χ3v) is 4.16. The summed E-state index contributed by atoms with van der Waals surface area (Å²) in [5.41, 5.74) is 2.84. The summed E-state index contributed by atoms with van der Waals surface area (Å²) in [6.07, 6.45) is 5.48. The molecule has 0 atom stereocenters. The van der Waals surface area contributed by atoms with Gasteiger partial charge in [-0.25, -0.2) is 4.98 Å². The lowest BCUT2D eigenvalue weighted by Crippen LogP contribution is -2.05.